The van der Waals surface area contributed by atoms with Gasteiger partial charge in [-0.15, -0.1) is 0 Å². The van der Waals surface area contributed by atoms with Crippen molar-refractivity contribution in [3.05, 3.63) is 18.2 Å². The summed E-state index contributed by atoms with van der Waals surface area (Å²) < 4.78 is 2.03. The van der Waals surface area contributed by atoms with Gasteiger partial charge in [0.15, 0.2) is 0 Å². The molecule has 0 aromatic carbocycles. The van der Waals surface area contributed by atoms with E-state index in [1.54, 1.807) is 22.9 Å². The Morgan fingerprint density at radius 3 is 2.90 bits per heavy atom. The number of imidazole rings is 1. The molecule has 1 aromatic rings. The van der Waals surface area contributed by atoms with Crippen LogP contribution in [0, 0.1) is 0 Å². The van der Waals surface area contributed by atoms with Gasteiger partial charge in [0.2, 0.25) is 0 Å². The van der Waals surface area contributed by atoms with Gasteiger partial charge in [0.25, 0.3) is 0 Å². The molecule has 1 aromatic heterocycles. The van der Waals surface area contributed by atoms with Gasteiger partial charge >= 0.3 is 12.0 Å². The van der Waals surface area contributed by atoms with E-state index < -0.39 is 5.97 Å². The molecular formula is C13H20N4O3. The first-order chi connectivity index (χ1) is 9.52. The lowest BCUT2D eigenvalue weighted by Crippen LogP contribution is -2.49. The van der Waals surface area contributed by atoms with E-state index in [0.29, 0.717) is 19.6 Å². The summed E-state index contributed by atoms with van der Waals surface area (Å²) in [5, 5.41) is 8.86. The number of hydrogen-bond acceptors (Lipinski definition) is 3. The average molecular weight is 280 g/mol. The molecule has 0 fully saturated rings. The molecule has 1 unspecified atom stereocenters. The van der Waals surface area contributed by atoms with Crippen LogP contribution in [0.2, 0.25) is 0 Å². The molecule has 1 aliphatic rings. The molecule has 1 aliphatic heterocycles. The summed E-state index contributed by atoms with van der Waals surface area (Å²) in [6.45, 7) is 5.95. The van der Waals surface area contributed by atoms with Gasteiger partial charge in [-0.25, -0.2) is 9.78 Å². The summed E-state index contributed by atoms with van der Waals surface area (Å²) in [6, 6.07) is -0.429. The number of carboxylic acid groups (broad SMARTS) is 1. The molecular weight excluding hydrogens is 260 g/mol. The Bertz CT molecular complexity index is 500. The van der Waals surface area contributed by atoms with Gasteiger partial charge in [-0.05, 0) is 13.8 Å². The highest BCUT2D eigenvalue weighted by Crippen LogP contribution is 2.15. The highest BCUT2D eigenvalue weighted by Gasteiger charge is 2.28. The maximum absolute atomic E-state index is 12.5. The van der Waals surface area contributed by atoms with Crippen molar-refractivity contribution in [1.29, 1.82) is 0 Å². The van der Waals surface area contributed by atoms with Crippen molar-refractivity contribution < 1.29 is 14.7 Å². The number of urea groups is 1. The minimum atomic E-state index is -0.891. The second-order valence-electron chi connectivity index (χ2n) is 4.97. The van der Waals surface area contributed by atoms with Crippen LogP contribution in [0.15, 0.2) is 12.4 Å². The number of carboxylic acids is 1. The first-order valence-corrected chi connectivity index (χ1v) is 6.80. The largest absolute Gasteiger partial charge is 0.481 e. The van der Waals surface area contributed by atoms with Crippen molar-refractivity contribution in [2.24, 2.45) is 0 Å². The Labute approximate surface area is 117 Å². The normalized spacial score (nSPS) is 15.6. The van der Waals surface area contributed by atoms with Crippen LogP contribution in [0.5, 0.6) is 0 Å². The van der Waals surface area contributed by atoms with Crippen LogP contribution in [0.3, 0.4) is 0 Å². The van der Waals surface area contributed by atoms with E-state index in [1.165, 1.54) is 0 Å². The van der Waals surface area contributed by atoms with Crippen molar-refractivity contribution in [3.8, 4) is 0 Å². The van der Waals surface area contributed by atoms with Crippen molar-refractivity contribution in [3.63, 3.8) is 0 Å². The second kappa shape index (κ2) is 5.94. The van der Waals surface area contributed by atoms with Crippen LogP contribution < -0.4 is 0 Å². The third-order valence-corrected chi connectivity index (χ3v) is 3.60. The Morgan fingerprint density at radius 1 is 1.50 bits per heavy atom. The lowest BCUT2D eigenvalue weighted by Gasteiger charge is -2.35. The number of carbonyl (C=O) groups excluding carboxylic acids is 1. The van der Waals surface area contributed by atoms with Crippen LogP contribution in [0.25, 0.3) is 0 Å². The van der Waals surface area contributed by atoms with Gasteiger partial charge in [0.05, 0.1) is 13.0 Å². The number of nitrogens with zero attached hydrogens (tertiary/aromatic N) is 4. The van der Waals surface area contributed by atoms with E-state index in [1.807, 2.05) is 17.7 Å². The number of carbonyl (C=O) groups is 2. The summed E-state index contributed by atoms with van der Waals surface area (Å²) in [5.41, 5.74) is 0. The van der Waals surface area contributed by atoms with Crippen molar-refractivity contribution in [1.82, 2.24) is 19.4 Å². The maximum atomic E-state index is 12.5. The summed E-state index contributed by atoms with van der Waals surface area (Å²) in [6.07, 6.45) is 3.60. The zero-order valence-corrected chi connectivity index (χ0v) is 11.8. The van der Waals surface area contributed by atoms with Crippen LogP contribution >= 0.6 is 0 Å². The van der Waals surface area contributed by atoms with Gasteiger partial charge in [0, 0.05) is 38.1 Å². The minimum Gasteiger partial charge on any atom is -0.481 e. The molecule has 1 atom stereocenters. The molecule has 1 N–H and O–H groups in total. The molecule has 20 heavy (non-hydrogen) atoms. The van der Waals surface area contributed by atoms with Gasteiger partial charge in [-0.3, -0.25) is 4.79 Å². The molecule has 0 saturated carbocycles. The molecule has 7 heteroatoms. The Morgan fingerprint density at radius 2 is 2.25 bits per heavy atom. The smallest absolute Gasteiger partial charge is 0.320 e. The fraction of sp³-hybridized carbons (Fsp3) is 0.615. The third kappa shape index (κ3) is 2.92. The highest BCUT2D eigenvalue weighted by atomic mass is 16.4. The fourth-order valence-corrected chi connectivity index (χ4v) is 2.52. The minimum absolute atomic E-state index is 0.0396. The molecule has 2 rings (SSSR count). The molecule has 2 heterocycles. The average Bonchev–Trinajstić information content (AvgIpc) is 2.85. The predicted octanol–water partition coefficient (Wildman–Crippen LogP) is 1.00. The summed E-state index contributed by atoms with van der Waals surface area (Å²) in [5.74, 6) is -0.0236. The first kappa shape index (κ1) is 14.4. The number of fused-ring (bicyclic) bond motifs is 1. The zero-order valence-electron chi connectivity index (χ0n) is 11.8. The lowest BCUT2D eigenvalue weighted by molar-refractivity contribution is -0.138. The zero-order chi connectivity index (χ0) is 14.7. The molecule has 0 spiro atoms. The SMILES string of the molecule is CCN(C(=O)N1CCn2ccnc2C1)C(C)CC(=O)O. The summed E-state index contributed by atoms with van der Waals surface area (Å²) in [7, 11) is 0. The molecule has 2 amide bonds. The monoisotopic (exact) mass is 280 g/mol. The quantitative estimate of drug-likeness (QED) is 0.892. The van der Waals surface area contributed by atoms with E-state index in [2.05, 4.69) is 4.98 Å². The Hall–Kier alpha value is -2.05. The molecule has 7 nitrogen and oxygen atoms in total. The van der Waals surface area contributed by atoms with E-state index in [-0.39, 0.29) is 18.5 Å². The number of rotatable bonds is 4. The van der Waals surface area contributed by atoms with Crippen molar-refractivity contribution in [2.45, 2.75) is 39.4 Å². The van der Waals surface area contributed by atoms with Crippen LogP contribution in [0.1, 0.15) is 26.1 Å². The third-order valence-electron chi connectivity index (χ3n) is 3.60. The Balaban J connectivity index is 2.04. The molecule has 0 aliphatic carbocycles. The second-order valence-corrected chi connectivity index (χ2v) is 4.97. The van der Waals surface area contributed by atoms with E-state index in [4.69, 9.17) is 5.11 Å². The van der Waals surface area contributed by atoms with Crippen LogP contribution in [-0.4, -0.2) is 55.6 Å². The Kier molecular flexibility index (Phi) is 4.26. The number of amides is 2. The topological polar surface area (TPSA) is 78.7 Å². The molecule has 0 saturated heterocycles. The van der Waals surface area contributed by atoms with Crippen molar-refractivity contribution >= 4 is 12.0 Å². The van der Waals surface area contributed by atoms with E-state index >= 15 is 0 Å². The van der Waals surface area contributed by atoms with E-state index in [9.17, 15) is 9.59 Å². The lowest BCUT2D eigenvalue weighted by atomic mass is 10.2. The highest BCUT2D eigenvalue weighted by molar-refractivity contribution is 5.76. The summed E-state index contributed by atoms with van der Waals surface area (Å²) in [4.78, 5) is 30.9. The van der Waals surface area contributed by atoms with Gasteiger partial charge in [0.1, 0.15) is 5.82 Å². The first-order valence-electron chi connectivity index (χ1n) is 6.80. The van der Waals surface area contributed by atoms with Crippen LogP contribution in [0.4, 0.5) is 4.79 Å². The fourth-order valence-electron chi connectivity index (χ4n) is 2.52. The van der Waals surface area contributed by atoms with E-state index in [0.717, 1.165) is 12.4 Å². The molecule has 110 valence electrons. The predicted molar refractivity (Wildman–Crippen MR) is 72.1 cm³/mol. The molecule has 0 radical (unpaired) electrons. The van der Waals surface area contributed by atoms with Gasteiger partial charge in [-0.1, -0.05) is 0 Å². The number of hydrogen-bond donors (Lipinski definition) is 1. The maximum Gasteiger partial charge on any atom is 0.320 e. The van der Waals surface area contributed by atoms with Crippen molar-refractivity contribution in [2.75, 3.05) is 13.1 Å². The molecule has 0 bridgehead atoms. The van der Waals surface area contributed by atoms with Gasteiger partial charge in [-0.2, -0.15) is 0 Å². The number of aromatic nitrogens is 2. The summed E-state index contributed by atoms with van der Waals surface area (Å²) >= 11 is 0. The standard InChI is InChI=1S/C13H20N4O3/c1-3-17(10(2)8-12(18)19)13(20)16-7-6-15-5-4-14-11(15)9-16/h4-5,10H,3,6-9H2,1-2H3,(H,18,19). The van der Waals surface area contributed by atoms with Crippen LogP contribution in [-0.2, 0) is 17.9 Å². The number of aliphatic carboxylic acids is 1. The van der Waals surface area contributed by atoms with Gasteiger partial charge < -0.3 is 19.5 Å².